The van der Waals surface area contributed by atoms with Crippen molar-refractivity contribution in [3.63, 3.8) is 0 Å². The molecule has 0 fully saturated rings. The van der Waals surface area contributed by atoms with Crippen LogP contribution in [0.25, 0.3) is 5.78 Å². The molecule has 0 bridgehead atoms. The Morgan fingerprint density at radius 1 is 1.15 bits per heavy atom. The van der Waals surface area contributed by atoms with Crippen LogP contribution >= 0.6 is 23.4 Å². The van der Waals surface area contributed by atoms with Gasteiger partial charge in [-0.3, -0.25) is 9.50 Å². The van der Waals surface area contributed by atoms with Gasteiger partial charge in [-0.25, -0.2) is 15.0 Å². The van der Waals surface area contributed by atoms with Crippen molar-refractivity contribution < 1.29 is 4.74 Å². The van der Waals surface area contributed by atoms with E-state index in [4.69, 9.17) is 16.3 Å². The number of fused-ring (bicyclic) bond motifs is 1. The Bertz CT molecular complexity index is 1080. The van der Waals surface area contributed by atoms with E-state index in [1.54, 1.807) is 12.1 Å². The van der Waals surface area contributed by atoms with Crippen molar-refractivity contribution >= 4 is 29.1 Å². The van der Waals surface area contributed by atoms with Gasteiger partial charge in [-0.1, -0.05) is 23.4 Å². The van der Waals surface area contributed by atoms with Gasteiger partial charge in [-0.15, -0.1) is 5.10 Å². The third-order valence-electron chi connectivity index (χ3n) is 3.86. The predicted molar refractivity (Wildman–Crippen MR) is 104 cm³/mol. The highest BCUT2D eigenvalue weighted by atomic mass is 35.5. The number of nitrogens with zero attached hydrogens (tertiary/aromatic N) is 5. The van der Waals surface area contributed by atoms with Crippen LogP contribution in [0.15, 0.2) is 41.7 Å². The normalized spacial score (nSPS) is 11.2. The summed E-state index contributed by atoms with van der Waals surface area (Å²) in [6.45, 7) is 4.33. The highest BCUT2D eigenvalue weighted by molar-refractivity contribution is 7.98. The number of aromatic nitrogens is 6. The number of halogens is 1. The van der Waals surface area contributed by atoms with Crippen LogP contribution in [0.2, 0.25) is 5.02 Å². The summed E-state index contributed by atoms with van der Waals surface area (Å²) in [7, 11) is 0. The van der Waals surface area contributed by atoms with Gasteiger partial charge in [-0.05, 0) is 44.2 Å². The number of thioether (sulfide) groups is 1. The molecule has 0 unspecified atom stereocenters. The zero-order valence-corrected chi connectivity index (χ0v) is 16.4. The molecule has 4 aromatic rings. The number of benzene rings is 1. The highest BCUT2D eigenvalue weighted by Crippen LogP contribution is 2.20. The number of imidazole rings is 1. The number of hydrogen-bond acceptors (Lipinski definition) is 6. The Kier molecular flexibility index (Phi) is 5.00. The van der Waals surface area contributed by atoms with Crippen LogP contribution in [0.5, 0.6) is 5.75 Å². The fourth-order valence-corrected chi connectivity index (χ4v) is 3.44. The molecule has 0 aliphatic heterocycles. The summed E-state index contributed by atoms with van der Waals surface area (Å²) in [5, 5.41) is 8.44. The van der Waals surface area contributed by atoms with Crippen molar-refractivity contribution in [2.24, 2.45) is 0 Å². The fraction of sp³-hybridized carbons (Fsp3) is 0.222. The number of ether oxygens (including phenoxy) is 1. The Morgan fingerprint density at radius 3 is 2.78 bits per heavy atom. The molecule has 1 N–H and O–H groups in total. The fourth-order valence-electron chi connectivity index (χ4n) is 2.62. The van der Waals surface area contributed by atoms with Crippen molar-refractivity contribution in [1.82, 2.24) is 29.5 Å². The van der Waals surface area contributed by atoms with E-state index in [0.717, 1.165) is 28.6 Å². The van der Waals surface area contributed by atoms with Crippen LogP contribution in [0.3, 0.4) is 0 Å². The van der Waals surface area contributed by atoms with E-state index in [1.807, 2.05) is 42.6 Å². The monoisotopic (exact) mass is 400 g/mol. The van der Waals surface area contributed by atoms with E-state index in [2.05, 4.69) is 25.1 Å². The third-order valence-corrected chi connectivity index (χ3v) is 4.99. The zero-order chi connectivity index (χ0) is 18.8. The van der Waals surface area contributed by atoms with Crippen LogP contribution in [-0.4, -0.2) is 29.5 Å². The van der Waals surface area contributed by atoms with Gasteiger partial charge < -0.3 is 4.74 Å². The lowest BCUT2D eigenvalue weighted by atomic mass is 10.3. The molecule has 0 radical (unpaired) electrons. The molecule has 0 aliphatic rings. The molecule has 3 heterocycles. The van der Waals surface area contributed by atoms with Gasteiger partial charge in [0.15, 0.2) is 5.82 Å². The van der Waals surface area contributed by atoms with Crippen molar-refractivity contribution in [3.8, 4) is 5.75 Å². The van der Waals surface area contributed by atoms with Gasteiger partial charge in [0.05, 0.1) is 5.69 Å². The summed E-state index contributed by atoms with van der Waals surface area (Å²) in [5.74, 6) is 2.77. The largest absolute Gasteiger partial charge is 0.486 e. The molecule has 0 aliphatic carbocycles. The summed E-state index contributed by atoms with van der Waals surface area (Å²) in [5.41, 5.74) is 3.01. The number of H-pyrrole nitrogens is 1. The van der Waals surface area contributed by atoms with Gasteiger partial charge in [0.2, 0.25) is 10.9 Å². The lowest BCUT2D eigenvalue weighted by Gasteiger charge is -2.03. The lowest BCUT2D eigenvalue weighted by Crippen LogP contribution is -1.97. The number of aromatic amines is 1. The first-order chi connectivity index (χ1) is 13.1. The Balaban J connectivity index is 1.36. The number of nitrogens with one attached hydrogen (secondary N) is 1. The molecule has 0 saturated heterocycles. The minimum atomic E-state index is 0.311. The SMILES string of the molecule is Cc1cc(C)n2cc(CSc3n[nH]c(COc4ccc(Cl)cc4)n3)nc2n1. The van der Waals surface area contributed by atoms with Crippen LogP contribution in [0, 0.1) is 13.8 Å². The maximum Gasteiger partial charge on any atom is 0.234 e. The van der Waals surface area contributed by atoms with E-state index in [1.165, 1.54) is 11.8 Å². The van der Waals surface area contributed by atoms with E-state index in [0.29, 0.717) is 28.4 Å². The number of rotatable bonds is 6. The first kappa shape index (κ1) is 17.8. The van der Waals surface area contributed by atoms with Crippen molar-refractivity contribution in [2.45, 2.75) is 31.4 Å². The second-order valence-corrected chi connectivity index (χ2v) is 7.42. The molecule has 3 aromatic heterocycles. The number of aryl methyl sites for hydroxylation is 2. The molecule has 27 heavy (non-hydrogen) atoms. The molecule has 138 valence electrons. The minimum Gasteiger partial charge on any atom is -0.486 e. The molecule has 0 spiro atoms. The van der Waals surface area contributed by atoms with E-state index in [9.17, 15) is 0 Å². The quantitative estimate of drug-likeness (QED) is 0.493. The Morgan fingerprint density at radius 2 is 1.96 bits per heavy atom. The molecular formula is C18H17ClN6OS. The molecule has 1 aromatic carbocycles. The molecule has 4 rings (SSSR count). The van der Waals surface area contributed by atoms with Crippen LogP contribution < -0.4 is 4.74 Å². The number of hydrogen-bond donors (Lipinski definition) is 1. The van der Waals surface area contributed by atoms with Crippen LogP contribution in [-0.2, 0) is 12.4 Å². The van der Waals surface area contributed by atoms with Crippen LogP contribution in [0.1, 0.15) is 22.9 Å². The van der Waals surface area contributed by atoms with Gasteiger partial charge >= 0.3 is 0 Å². The predicted octanol–water partition coefficient (Wildman–Crippen LogP) is 3.99. The summed E-state index contributed by atoms with van der Waals surface area (Å²) >= 11 is 7.38. The maximum absolute atomic E-state index is 5.86. The van der Waals surface area contributed by atoms with E-state index in [-0.39, 0.29) is 0 Å². The zero-order valence-electron chi connectivity index (χ0n) is 14.8. The van der Waals surface area contributed by atoms with Gasteiger partial charge in [0, 0.05) is 28.4 Å². The summed E-state index contributed by atoms with van der Waals surface area (Å²) in [6, 6.07) is 9.23. The van der Waals surface area contributed by atoms with Gasteiger partial charge in [0.1, 0.15) is 12.4 Å². The topological polar surface area (TPSA) is 81.0 Å². The molecule has 7 nitrogen and oxygen atoms in total. The maximum atomic E-state index is 5.86. The standard InChI is InChI=1S/C18H17ClN6OS/c1-11-7-12(2)25-8-14(21-17(25)20-11)10-27-18-22-16(23-24-18)9-26-15-5-3-13(19)4-6-15/h3-8H,9-10H2,1-2H3,(H,22,23,24). The first-order valence-electron chi connectivity index (χ1n) is 8.31. The Hall–Kier alpha value is -2.58. The summed E-state index contributed by atoms with van der Waals surface area (Å²) < 4.78 is 7.65. The second-order valence-electron chi connectivity index (χ2n) is 6.04. The summed E-state index contributed by atoms with van der Waals surface area (Å²) in [6.07, 6.45) is 2.00. The van der Waals surface area contributed by atoms with Crippen molar-refractivity contribution in [2.75, 3.05) is 0 Å². The third kappa shape index (κ3) is 4.23. The summed E-state index contributed by atoms with van der Waals surface area (Å²) in [4.78, 5) is 13.5. The highest BCUT2D eigenvalue weighted by Gasteiger charge is 2.09. The molecule has 9 heteroatoms. The van der Waals surface area contributed by atoms with E-state index >= 15 is 0 Å². The minimum absolute atomic E-state index is 0.311. The molecule has 0 amide bonds. The van der Waals surface area contributed by atoms with Crippen LogP contribution in [0.4, 0.5) is 0 Å². The van der Waals surface area contributed by atoms with E-state index < -0.39 is 0 Å². The lowest BCUT2D eigenvalue weighted by molar-refractivity contribution is 0.296. The molecular weight excluding hydrogens is 384 g/mol. The average Bonchev–Trinajstić information content (AvgIpc) is 3.26. The van der Waals surface area contributed by atoms with Crippen molar-refractivity contribution in [1.29, 1.82) is 0 Å². The first-order valence-corrected chi connectivity index (χ1v) is 9.68. The second kappa shape index (κ2) is 7.58. The smallest absolute Gasteiger partial charge is 0.234 e. The molecule has 0 atom stereocenters. The van der Waals surface area contributed by atoms with Gasteiger partial charge in [0.25, 0.3) is 0 Å². The average molecular weight is 401 g/mol. The molecule has 0 saturated carbocycles. The van der Waals surface area contributed by atoms with Crippen molar-refractivity contribution in [3.05, 3.63) is 64.5 Å². The Labute approximate surface area is 165 Å². The van der Waals surface area contributed by atoms with Gasteiger partial charge in [-0.2, -0.15) is 0 Å².